The molecule has 2 aliphatic heterocycles. The van der Waals surface area contributed by atoms with Gasteiger partial charge < -0.3 is 35.8 Å². The van der Waals surface area contributed by atoms with Crippen LogP contribution in [0.1, 0.15) is 111 Å². The van der Waals surface area contributed by atoms with Crippen molar-refractivity contribution >= 4 is 41.4 Å². The van der Waals surface area contributed by atoms with E-state index in [1.54, 1.807) is 25.7 Å². The van der Waals surface area contributed by atoms with E-state index in [1.165, 1.54) is 4.90 Å². The number of rotatable bonds is 14. The zero-order chi connectivity index (χ0) is 40.2. The van der Waals surface area contributed by atoms with Crippen LogP contribution in [0.25, 0.3) is 0 Å². The highest BCUT2D eigenvalue weighted by molar-refractivity contribution is 6.38. The molecular weight excluding hydrogens is 704 g/mol. The molecule has 0 bridgehead atoms. The van der Waals surface area contributed by atoms with Crippen LogP contribution < -0.4 is 21.3 Å². The molecule has 5 atom stereocenters. The van der Waals surface area contributed by atoms with Crippen molar-refractivity contribution in [3.05, 3.63) is 35.4 Å². The van der Waals surface area contributed by atoms with Crippen LogP contribution in [0.3, 0.4) is 0 Å². The fourth-order valence-electron chi connectivity index (χ4n) is 7.27. The summed E-state index contributed by atoms with van der Waals surface area (Å²) in [5.74, 6) is -2.89. The Bertz CT molecular complexity index is 1640. The van der Waals surface area contributed by atoms with Gasteiger partial charge in [0, 0.05) is 31.5 Å². The van der Waals surface area contributed by atoms with Gasteiger partial charge in [-0.2, -0.15) is 0 Å². The van der Waals surface area contributed by atoms with Crippen LogP contribution in [0.4, 0.5) is 9.59 Å². The second-order valence-corrected chi connectivity index (χ2v) is 17.9. The maximum atomic E-state index is 14.6. The summed E-state index contributed by atoms with van der Waals surface area (Å²) < 4.78 is 5.97. The SMILES string of the molecule is CCCCC(NC(=O)[C@@H]1C[C@@H](OC(=O)N2CCc3ccccc3C2)CN1C(=O)[C@@H](NC(=O)N[C@H](C(=O)C1CC1)C(C)(C)C)C(C)(C)C)C(=O)C(=O)NC1CC1. The van der Waals surface area contributed by atoms with Crippen LogP contribution in [-0.4, -0.2) is 101 Å². The van der Waals surface area contributed by atoms with E-state index in [-0.39, 0.29) is 37.1 Å². The third kappa shape index (κ3) is 10.8. The van der Waals surface area contributed by atoms with E-state index in [9.17, 15) is 33.6 Å². The molecule has 0 spiro atoms. The third-order valence-corrected chi connectivity index (χ3v) is 10.9. The first kappa shape index (κ1) is 41.7. The van der Waals surface area contributed by atoms with Gasteiger partial charge in [0.15, 0.2) is 5.78 Å². The van der Waals surface area contributed by atoms with E-state index in [0.29, 0.717) is 25.9 Å². The Kier molecular flexibility index (Phi) is 13.0. The van der Waals surface area contributed by atoms with Crippen LogP contribution >= 0.6 is 0 Å². The van der Waals surface area contributed by atoms with Crippen molar-refractivity contribution in [1.29, 1.82) is 0 Å². The predicted octanol–water partition coefficient (Wildman–Crippen LogP) is 3.78. The number of amides is 6. The fourth-order valence-corrected chi connectivity index (χ4v) is 7.27. The highest BCUT2D eigenvalue weighted by Crippen LogP contribution is 2.35. The summed E-state index contributed by atoms with van der Waals surface area (Å²) in [6, 6.07) is 2.91. The molecule has 14 nitrogen and oxygen atoms in total. The number of likely N-dealkylation sites (tertiary alicyclic amines) is 1. The summed E-state index contributed by atoms with van der Waals surface area (Å²) >= 11 is 0. The van der Waals surface area contributed by atoms with Gasteiger partial charge in [-0.05, 0) is 60.5 Å². The van der Waals surface area contributed by atoms with E-state index in [0.717, 1.165) is 43.2 Å². The Morgan fingerprint density at radius 2 is 1.49 bits per heavy atom. The van der Waals surface area contributed by atoms with Crippen molar-refractivity contribution in [3.63, 3.8) is 0 Å². The topological polar surface area (TPSA) is 183 Å². The Hall–Kier alpha value is -4.49. The summed E-state index contributed by atoms with van der Waals surface area (Å²) in [4.78, 5) is 98.1. The van der Waals surface area contributed by atoms with Crippen molar-refractivity contribution in [3.8, 4) is 0 Å². The zero-order valence-corrected chi connectivity index (χ0v) is 33.5. The molecule has 6 amide bonds. The second kappa shape index (κ2) is 17.1. The summed E-state index contributed by atoms with van der Waals surface area (Å²) in [5.41, 5.74) is 0.744. The second-order valence-electron chi connectivity index (χ2n) is 17.9. The number of carbonyl (C=O) groups excluding carboxylic acids is 7. The van der Waals surface area contributed by atoms with Gasteiger partial charge in [0.2, 0.25) is 17.6 Å². The molecule has 55 heavy (non-hydrogen) atoms. The molecule has 302 valence electrons. The molecule has 0 aromatic heterocycles. The molecule has 1 aromatic carbocycles. The summed E-state index contributed by atoms with van der Waals surface area (Å²) in [6.07, 6.45) is 3.85. The number of carbonyl (C=O) groups is 7. The number of nitrogens with zero attached hydrogens (tertiary/aromatic N) is 2. The monoisotopic (exact) mass is 764 g/mol. The molecule has 0 radical (unpaired) electrons. The minimum Gasteiger partial charge on any atom is -0.444 e. The number of nitrogens with one attached hydrogen (secondary N) is 4. The van der Waals surface area contributed by atoms with Crippen molar-refractivity contribution in [2.45, 2.75) is 149 Å². The van der Waals surface area contributed by atoms with Gasteiger partial charge in [-0.1, -0.05) is 85.6 Å². The lowest BCUT2D eigenvalue weighted by molar-refractivity contribution is -0.144. The maximum Gasteiger partial charge on any atom is 0.410 e. The number of unbranched alkanes of at least 4 members (excludes halogenated alkanes) is 1. The van der Waals surface area contributed by atoms with Crippen molar-refractivity contribution < 1.29 is 38.3 Å². The number of Topliss-reactive ketones (excluding diaryl/α,β-unsaturated/α-hetero) is 2. The zero-order valence-electron chi connectivity index (χ0n) is 33.5. The maximum absolute atomic E-state index is 14.6. The Balaban J connectivity index is 1.36. The molecule has 2 saturated carbocycles. The normalized spacial score (nSPS) is 21.4. The van der Waals surface area contributed by atoms with Crippen molar-refractivity contribution in [2.24, 2.45) is 16.7 Å². The number of ether oxygens (including phenoxy) is 1. The highest BCUT2D eigenvalue weighted by Gasteiger charge is 2.48. The lowest BCUT2D eigenvalue weighted by atomic mass is 9.82. The molecule has 1 saturated heterocycles. The summed E-state index contributed by atoms with van der Waals surface area (Å²) in [7, 11) is 0. The van der Waals surface area contributed by atoms with Crippen LogP contribution in [0, 0.1) is 16.7 Å². The van der Waals surface area contributed by atoms with Crippen molar-refractivity contribution in [1.82, 2.24) is 31.1 Å². The molecule has 14 heteroatoms. The number of benzene rings is 1. The van der Waals surface area contributed by atoms with Gasteiger partial charge >= 0.3 is 12.1 Å². The van der Waals surface area contributed by atoms with Gasteiger partial charge in [-0.3, -0.25) is 24.0 Å². The first-order valence-corrected chi connectivity index (χ1v) is 20.0. The minimum absolute atomic E-state index is 0.0441. The summed E-state index contributed by atoms with van der Waals surface area (Å²) in [5, 5.41) is 11.1. The minimum atomic E-state index is -1.18. The van der Waals surface area contributed by atoms with E-state index in [2.05, 4.69) is 21.3 Å². The molecule has 2 heterocycles. The van der Waals surface area contributed by atoms with Gasteiger partial charge in [-0.25, -0.2) is 9.59 Å². The lowest BCUT2D eigenvalue weighted by Crippen LogP contribution is -2.62. The van der Waals surface area contributed by atoms with E-state index in [1.807, 2.05) is 52.0 Å². The lowest BCUT2D eigenvalue weighted by Gasteiger charge is -2.36. The molecule has 4 N–H and O–H groups in total. The first-order chi connectivity index (χ1) is 25.9. The quantitative estimate of drug-likeness (QED) is 0.207. The molecule has 5 rings (SSSR count). The van der Waals surface area contributed by atoms with Crippen molar-refractivity contribution in [2.75, 3.05) is 13.1 Å². The smallest absolute Gasteiger partial charge is 0.410 e. The van der Waals surface area contributed by atoms with Crippen LogP contribution in [0.5, 0.6) is 0 Å². The standard InChI is InChI=1S/C41H60N6O8/c1-8-9-14-29(32(49)36(51)42-27-17-18-27)43-35(50)30-21-28(55-39(54)46-20-19-24-12-10-11-13-26(24)22-46)23-47(30)37(52)34(41(5,6)7)45-38(53)44-33(40(2,3)4)31(48)25-15-16-25/h10-13,25,27-30,33-34H,8-9,14-23H2,1-7H3,(H,42,51)(H,43,50)(H2,44,45,53)/t28-,29?,30+,33-,34-/m1/s1. The Labute approximate surface area is 324 Å². The first-order valence-electron chi connectivity index (χ1n) is 20.0. The average Bonchev–Trinajstić information content (AvgIpc) is 4.07. The van der Waals surface area contributed by atoms with Gasteiger partial charge in [0.25, 0.3) is 5.91 Å². The Morgan fingerprint density at radius 3 is 2.09 bits per heavy atom. The molecule has 2 aliphatic carbocycles. The van der Waals surface area contributed by atoms with Gasteiger partial charge in [-0.15, -0.1) is 0 Å². The van der Waals surface area contributed by atoms with E-state index < -0.39 is 76.7 Å². The summed E-state index contributed by atoms with van der Waals surface area (Å²) in [6.45, 7) is 13.6. The van der Waals surface area contributed by atoms with Crippen LogP contribution in [-0.2, 0) is 41.7 Å². The molecular formula is C41H60N6O8. The van der Waals surface area contributed by atoms with Gasteiger partial charge in [0.1, 0.15) is 18.2 Å². The number of ketones is 2. The highest BCUT2D eigenvalue weighted by atomic mass is 16.6. The Morgan fingerprint density at radius 1 is 0.855 bits per heavy atom. The number of hydrogen-bond donors (Lipinski definition) is 4. The molecule has 1 unspecified atom stereocenters. The number of fused-ring (bicyclic) bond motifs is 1. The van der Waals surface area contributed by atoms with Crippen LogP contribution in [0.15, 0.2) is 24.3 Å². The van der Waals surface area contributed by atoms with Gasteiger partial charge in [0.05, 0.1) is 18.6 Å². The predicted molar refractivity (Wildman–Crippen MR) is 204 cm³/mol. The molecule has 3 fully saturated rings. The number of urea groups is 1. The average molecular weight is 765 g/mol. The third-order valence-electron chi connectivity index (χ3n) is 10.9. The van der Waals surface area contributed by atoms with Crippen LogP contribution in [0.2, 0.25) is 0 Å². The largest absolute Gasteiger partial charge is 0.444 e. The molecule has 4 aliphatic rings. The number of hydrogen-bond acceptors (Lipinski definition) is 8. The van der Waals surface area contributed by atoms with E-state index >= 15 is 0 Å². The molecule has 1 aromatic rings. The fraction of sp³-hybridized carbons (Fsp3) is 0.683. The van der Waals surface area contributed by atoms with E-state index in [4.69, 9.17) is 4.74 Å².